The Balaban J connectivity index is 1.54. The Bertz CT molecular complexity index is 1840. The van der Waals surface area contributed by atoms with Crippen molar-refractivity contribution >= 4 is 34.4 Å². The molecule has 1 fully saturated rings. The molecular formula is C37H32N2O4. The summed E-state index contributed by atoms with van der Waals surface area (Å²) in [6, 6.07) is 26.6. The number of fused-ring (bicyclic) bond motifs is 6. The lowest BCUT2D eigenvalue weighted by Crippen LogP contribution is -2.51. The first-order chi connectivity index (χ1) is 20.7. The Morgan fingerprint density at radius 2 is 1.47 bits per heavy atom. The number of para-hydroxylation sites is 1. The summed E-state index contributed by atoms with van der Waals surface area (Å²) in [5.41, 5.74) is 5.97. The second-order valence-corrected chi connectivity index (χ2v) is 11.8. The zero-order valence-electron chi connectivity index (χ0n) is 24.5. The van der Waals surface area contributed by atoms with Gasteiger partial charge < -0.3 is 15.0 Å². The normalized spacial score (nSPS) is 23.3. The average Bonchev–Trinajstić information content (AvgIpc) is 3.49. The standard InChI is InChI=1S/C37H32N2O4/c1-21-9-12-25(13-10-21)35(41)33-32(34(40)24-14-16-26(43-4)17-15-24)37(28-7-5-6-8-29(28)38-36(37)42)31-20-23(3)27-19-22(2)11-18-30(27)39(31)33/h5-20,31-33H,1-4H3,(H,38,42)/t31-,32+,33-,37+/m1/s1. The maximum atomic E-state index is 14.9. The molecule has 6 heteroatoms. The van der Waals surface area contributed by atoms with E-state index in [2.05, 4.69) is 22.4 Å². The van der Waals surface area contributed by atoms with Gasteiger partial charge in [-0.3, -0.25) is 14.4 Å². The summed E-state index contributed by atoms with van der Waals surface area (Å²) in [6.07, 6.45) is 2.08. The monoisotopic (exact) mass is 568 g/mol. The van der Waals surface area contributed by atoms with Crippen LogP contribution in [-0.4, -0.2) is 36.7 Å². The van der Waals surface area contributed by atoms with E-state index >= 15 is 0 Å². The zero-order chi connectivity index (χ0) is 30.0. The molecule has 0 saturated carbocycles. The van der Waals surface area contributed by atoms with Crippen LogP contribution < -0.4 is 15.0 Å². The molecule has 0 radical (unpaired) electrons. The Morgan fingerprint density at radius 3 is 2.19 bits per heavy atom. The van der Waals surface area contributed by atoms with E-state index in [1.165, 1.54) is 0 Å². The number of hydrogen-bond donors (Lipinski definition) is 1. The minimum atomic E-state index is -1.34. The van der Waals surface area contributed by atoms with Crippen molar-refractivity contribution in [3.8, 4) is 5.75 Å². The van der Waals surface area contributed by atoms with Gasteiger partial charge >= 0.3 is 0 Å². The third-order valence-electron chi connectivity index (χ3n) is 9.39. The number of Topliss-reactive ketones (excluding diaryl/α,β-unsaturated/α-hetero) is 2. The smallest absolute Gasteiger partial charge is 0.238 e. The molecule has 7 rings (SSSR count). The second kappa shape index (κ2) is 9.80. The van der Waals surface area contributed by atoms with Crippen LogP contribution in [0.5, 0.6) is 5.75 Å². The molecule has 1 spiro atoms. The van der Waals surface area contributed by atoms with Crippen LogP contribution in [0.2, 0.25) is 0 Å². The van der Waals surface area contributed by atoms with Crippen molar-refractivity contribution in [2.75, 3.05) is 17.3 Å². The minimum absolute atomic E-state index is 0.189. The number of ether oxygens (including phenoxy) is 1. The van der Waals surface area contributed by atoms with Crippen LogP contribution in [0, 0.1) is 19.8 Å². The topological polar surface area (TPSA) is 75.7 Å². The first kappa shape index (κ1) is 26.9. The van der Waals surface area contributed by atoms with E-state index in [1.807, 2.05) is 81.4 Å². The van der Waals surface area contributed by atoms with Crippen molar-refractivity contribution in [1.82, 2.24) is 0 Å². The Kier molecular flexibility index (Phi) is 6.13. The molecule has 4 aromatic rings. The van der Waals surface area contributed by atoms with Gasteiger partial charge in [0, 0.05) is 28.1 Å². The van der Waals surface area contributed by atoms with Gasteiger partial charge in [-0.15, -0.1) is 0 Å². The van der Waals surface area contributed by atoms with E-state index < -0.39 is 23.4 Å². The number of anilines is 2. The number of amides is 1. The average molecular weight is 569 g/mol. The molecular weight excluding hydrogens is 536 g/mol. The number of rotatable bonds is 5. The number of carbonyl (C=O) groups excluding carboxylic acids is 3. The van der Waals surface area contributed by atoms with Gasteiger partial charge in [-0.25, -0.2) is 0 Å². The van der Waals surface area contributed by atoms with Gasteiger partial charge in [0.1, 0.15) is 17.2 Å². The van der Waals surface area contributed by atoms with Crippen molar-refractivity contribution in [3.63, 3.8) is 0 Å². The Hall–Kier alpha value is -4.97. The molecule has 1 amide bonds. The SMILES string of the molecule is COc1ccc(C(=O)[C@@H]2[C@H](C(=O)c3ccc(C)cc3)N3c4ccc(C)cc4C(C)=C[C@@H]3[C@]23C(=O)Nc2ccccc23)cc1. The molecule has 4 aromatic carbocycles. The summed E-state index contributed by atoms with van der Waals surface area (Å²) >= 11 is 0. The maximum Gasteiger partial charge on any atom is 0.238 e. The molecule has 0 unspecified atom stereocenters. The van der Waals surface area contributed by atoms with Gasteiger partial charge in [-0.1, -0.05) is 65.7 Å². The highest BCUT2D eigenvalue weighted by Crippen LogP contribution is 2.59. The van der Waals surface area contributed by atoms with E-state index in [9.17, 15) is 14.4 Å². The van der Waals surface area contributed by atoms with E-state index in [0.29, 0.717) is 22.6 Å². The summed E-state index contributed by atoms with van der Waals surface area (Å²) in [5, 5.41) is 3.09. The third kappa shape index (κ3) is 3.82. The highest BCUT2D eigenvalue weighted by atomic mass is 16.5. The molecule has 43 heavy (non-hydrogen) atoms. The minimum Gasteiger partial charge on any atom is -0.497 e. The van der Waals surface area contributed by atoms with Gasteiger partial charge in [0.15, 0.2) is 11.6 Å². The summed E-state index contributed by atoms with van der Waals surface area (Å²) in [6.45, 7) is 6.05. The van der Waals surface area contributed by atoms with E-state index in [-0.39, 0.29) is 17.5 Å². The largest absolute Gasteiger partial charge is 0.497 e. The van der Waals surface area contributed by atoms with Crippen LogP contribution in [0.4, 0.5) is 11.4 Å². The first-order valence-electron chi connectivity index (χ1n) is 14.5. The highest BCUT2D eigenvalue weighted by Gasteiger charge is 2.70. The lowest BCUT2D eigenvalue weighted by Gasteiger charge is -2.39. The number of carbonyl (C=O) groups is 3. The van der Waals surface area contributed by atoms with Crippen molar-refractivity contribution in [2.24, 2.45) is 5.92 Å². The molecule has 4 atom stereocenters. The Morgan fingerprint density at radius 1 is 0.814 bits per heavy atom. The van der Waals surface area contributed by atoms with Crippen LogP contribution in [0.25, 0.3) is 5.57 Å². The lowest BCUT2D eigenvalue weighted by molar-refractivity contribution is -0.121. The number of allylic oxidation sites excluding steroid dienone is 1. The number of hydrogen-bond acceptors (Lipinski definition) is 5. The Labute approximate surface area is 251 Å². The van der Waals surface area contributed by atoms with E-state index in [0.717, 1.165) is 33.5 Å². The van der Waals surface area contributed by atoms with Gasteiger partial charge in [-0.2, -0.15) is 0 Å². The summed E-state index contributed by atoms with van der Waals surface area (Å²) in [4.78, 5) is 46.3. The van der Waals surface area contributed by atoms with Crippen LogP contribution in [0.3, 0.4) is 0 Å². The third-order valence-corrected chi connectivity index (χ3v) is 9.39. The molecule has 1 saturated heterocycles. The number of aryl methyl sites for hydroxylation is 2. The van der Waals surface area contributed by atoms with Gasteiger partial charge in [0.05, 0.1) is 19.1 Å². The van der Waals surface area contributed by atoms with Crippen LogP contribution in [0.15, 0.2) is 97.1 Å². The number of ketones is 2. The fourth-order valence-corrected chi connectivity index (χ4v) is 7.37. The fourth-order valence-electron chi connectivity index (χ4n) is 7.37. The lowest BCUT2D eigenvalue weighted by atomic mass is 9.64. The van der Waals surface area contributed by atoms with Crippen molar-refractivity contribution in [3.05, 3.63) is 130 Å². The molecule has 1 N–H and O–H groups in total. The molecule has 0 aliphatic carbocycles. The fraction of sp³-hybridized carbons (Fsp3) is 0.216. The summed E-state index contributed by atoms with van der Waals surface area (Å²) in [5.74, 6) is -1.11. The van der Waals surface area contributed by atoms with Crippen molar-refractivity contribution in [2.45, 2.75) is 38.3 Å². The molecule has 0 aromatic heterocycles. The number of methoxy groups -OCH3 is 1. The van der Waals surface area contributed by atoms with Gasteiger partial charge in [0.25, 0.3) is 0 Å². The van der Waals surface area contributed by atoms with E-state index in [1.54, 1.807) is 31.4 Å². The second-order valence-electron chi connectivity index (χ2n) is 11.8. The molecule has 3 aliphatic heterocycles. The highest BCUT2D eigenvalue weighted by molar-refractivity contribution is 6.18. The summed E-state index contributed by atoms with van der Waals surface area (Å²) in [7, 11) is 1.57. The van der Waals surface area contributed by atoms with Crippen molar-refractivity contribution < 1.29 is 19.1 Å². The van der Waals surface area contributed by atoms with E-state index in [4.69, 9.17) is 4.74 Å². The molecule has 214 valence electrons. The quantitative estimate of drug-likeness (QED) is 0.276. The van der Waals surface area contributed by atoms with Gasteiger partial charge in [-0.05, 0) is 74.4 Å². The predicted molar refractivity (Wildman–Crippen MR) is 168 cm³/mol. The van der Waals surface area contributed by atoms with Crippen molar-refractivity contribution in [1.29, 1.82) is 0 Å². The number of benzene rings is 4. The predicted octanol–water partition coefficient (Wildman–Crippen LogP) is 6.56. The molecule has 3 aliphatic rings. The number of nitrogens with one attached hydrogen (secondary N) is 1. The molecule has 6 nitrogen and oxygen atoms in total. The van der Waals surface area contributed by atoms with Crippen LogP contribution in [0.1, 0.15) is 49.9 Å². The molecule has 3 heterocycles. The zero-order valence-corrected chi connectivity index (χ0v) is 24.5. The maximum absolute atomic E-state index is 14.9. The summed E-state index contributed by atoms with van der Waals surface area (Å²) < 4.78 is 5.35. The van der Waals surface area contributed by atoms with Gasteiger partial charge in [0.2, 0.25) is 5.91 Å². The molecule has 0 bridgehead atoms. The van der Waals surface area contributed by atoms with Crippen LogP contribution >= 0.6 is 0 Å². The number of nitrogens with zero attached hydrogens (tertiary/aromatic N) is 1. The van der Waals surface area contributed by atoms with Crippen LogP contribution in [-0.2, 0) is 10.2 Å². The first-order valence-corrected chi connectivity index (χ1v) is 14.5.